The summed E-state index contributed by atoms with van der Waals surface area (Å²) < 4.78 is 0. The quantitative estimate of drug-likeness (QED) is 0.413. The highest BCUT2D eigenvalue weighted by Gasteiger charge is 2.27. The lowest BCUT2D eigenvalue weighted by molar-refractivity contribution is -0.385. The van der Waals surface area contributed by atoms with Gasteiger partial charge in [0.15, 0.2) is 0 Å². The minimum Gasteiger partial charge on any atom is -0.378 e. The highest BCUT2D eigenvalue weighted by molar-refractivity contribution is 5.86. The molecule has 1 aromatic heterocycles. The maximum Gasteiger partial charge on any atom is 0.332 e. The molecule has 5 N–H and O–H groups in total. The van der Waals surface area contributed by atoms with Gasteiger partial charge in [0, 0.05) is 5.69 Å². The van der Waals surface area contributed by atoms with Crippen LogP contribution in [0.15, 0.2) is 42.5 Å². The lowest BCUT2D eigenvalue weighted by Crippen LogP contribution is -2.23. The van der Waals surface area contributed by atoms with Crippen molar-refractivity contribution in [2.45, 2.75) is 32.1 Å². The van der Waals surface area contributed by atoms with E-state index in [4.69, 9.17) is 11.5 Å². The van der Waals surface area contributed by atoms with E-state index in [-0.39, 0.29) is 17.5 Å². The summed E-state index contributed by atoms with van der Waals surface area (Å²) in [6.45, 7) is 0.702. The Labute approximate surface area is 174 Å². The van der Waals surface area contributed by atoms with E-state index in [0.717, 1.165) is 42.1 Å². The van der Waals surface area contributed by atoms with E-state index in [2.05, 4.69) is 15.3 Å². The molecule has 8 nitrogen and oxygen atoms in total. The summed E-state index contributed by atoms with van der Waals surface area (Å²) in [4.78, 5) is 19.8. The molecule has 0 radical (unpaired) electrons. The fourth-order valence-electron chi connectivity index (χ4n) is 4.26. The second-order valence-corrected chi connectivity index (χ2v) is 8.00. The van der Waals surface area contributed by atoms with Crippen LogP contribution in [0, 0.1) is 22.0 Å². The predicted molar refractivity (Wildman–Crippen MR) is 119 cm³/mol. The number of fused-ring (bicyclic) bond motifs is 1. The zero-order valence-electron chi connectivity index (χ0n) is 16.8. The average molecular weight is 406 g/mol. The summed E-state index contributed by atoms with van der Waals surface area (Å²) in [7, 11) is 0. The zero-order chi connectivity index (χ0) is 21.1. The predicted octanol–water partition coefficient (Wildman–Crippen LogP) is 4.17. The monoisotopic (exact) mass is 406 g/mol. The number of rotatable bonds is 6. The number of nitrogens with one attached hydrogen (secondary N) is 1. The molecule has 156 valence electrons. The van der Waals surface area contributed by atoms with Crippen molar-refractivity contribution < 1.29 is 4.92 Å². The van der Waals surface area contributed by atoms with E-state index < -0.39 is 4.92 Å². The number of nitrogen functional groups attached to an aromatic ring is 1. The number of hydrogen-bond acceptors (Lipinski definition) is 7. The van der Waals surface area contributed by atoms with Gasteiger partial charge in [0.2, 0.25) is 11.8 Å². The first kappa shape index (κ1) is 20.0. The smallest absolute Gasteiger partial charge is 0.332 e. The van der Waals surface area contributed by atoms with Crippen molar-refractivity contribution >= 4 is 33.9 Å². The molecule has 0 unspecified atom stereocenters. The first-order valence-corrected chi connectivity index (χ1v) is 10.3. The molecule has 1 fully saturated rings. The summed E-state index contributed by atoms with van der Waals surface area (Å²) in [5, 5.41) is 17.0. The normalized spacial score (nSPS) is 19.0. The first-order chi connectivity index (χ1) is 14.5. The number of anilines is 3. The molecule has 4 rings (SSSR count). The van der Waals surface area contributed by atoms with Crippen LogP contribution in [0.3, 0.4) is 0 Å². The van der Waals surface area contributed by atoms with E-state index in [1.54, 1.807) is 0 Å². The van der Waals surface area contributed by atoms with Crippen LogP contribution in [0.4, 0.5) is 23.1 Å². The molecule has 30 heavy (non-hydrogen) atoms. The third-order valence-corrected chi connectivity index (χ3v) is 5.95. The third-order valence-electron chi connectivity index (χ3n) is 5.95. The van der Waals surface area contributed by atoms with Crippen molar-refractivity contribution in [2.75, 3.05) is 17.6 Å². The van der Waals surface area contributed by atoms with Crippen molar-refractivity contribution in [2.24, 2.45) is 17.6 Å². The van der Waals surface area contributed by atoms with Gasteiger partial charge in [-0.15, -0.1) is 0 Å². The Morgan fingerprint density at radius 2 is 1.73 bits per heavy atom. The highest BCUT2D eigenvalue weighted by Crippen LogP contribution is 2.34. The van der Waals surface area contributed by atoms with Crippen LogP contribution in [0.1, 0.15) is 31.4 Å². The SMILES string of the molecule is NCC1CCC(Cc2nc(Nc3ccc4ccccc4c3)nc(N)c2[N+](=O)[O-])CC1. The molecule has 8 heteroatoms. The summed E-state index contributed by atoms with van der Waals surface area (Å²) in [6.07, 6.45) is 4.62. The fraction of sp³-hybridized carbons (Fsp3) is 0.364. The summed E-state index contributed by atoms with van der Waals surface area (Å²) >= 11 is 0. The van der Waals surface area contributed by atoms with Gasteiger partial charge in [0.05, 0.1) is 4.92 Å². The molecule has 1 aliphatic rings. The minimum absolute atomic E-state index is 0.107. The van der Waals surface area contributed by atoms with E-state index in [0.29, 0.717) is 30.5 Å². The molecule has 0 atom stereocenters. The van der Waals surface area contributed by atoms with Crippen molar-refractivity contribution in [3.63, 3.8) is 0 Å². The Hall–Kier alpha value is -3.26. The van der Waals surface area contributed by atoms with Crippen LogP contribution in [0.5, 0.6) is 0 Å². The van der Waals surface area contributed by atoms with E-state index in [9.17, 15) is 10.1 Å². The molecule has 0 saturated heterocycles. The van der Waals surface area contributed by atoms with Gasteiger partial charge in [-0.2, -0.15) is 4.98 Å². The van der Waals surface area contributed by atoms with Gasteiger partial charge >= 0.3 is 5.69 Å². The Kier molecular flexibility index (Phi) is 5.76. The highest BCUT2D eigenvalue weighted by atomic mass is 16.6. The molecule has 0 spiro atoms. The summed E-state index contributed by atoms with van der Waals surface area (Å²) in [6, 6.07) is 13.9. The van der Waals surface area contributed by atoms with Gasteiger partial charge in [0.25, 0.3) is 0 Å². The van der Waals surface area contributed by atoms with Gasteiger partial charge in [0.1, 0.15) is 5.69 Å². The fourth-order valence-corrected chi connectivity index (χ4v) is 4.26. The average Bonchev–Trinajstić information content (AvgIpc) is 2.73. The zero-order valence-corrected chi connectivity index (χ0v) is 16.8. The van der Waals surface area contributed by atoms with Crippen molar-refractivity contribution in [1.29, 1.82) is 0 Å². The number of nitrogens with two attached hydrogens (primary N) is 2. The van der Waals surface area contributed by atoms with Gasteiger partial charge in [-0.3, -0.25) is 10.1 Å². The molecule has 1 heterocycles. The van der Waals surface area contributed by atoms with Gasteiger partial charge in [-0.1, -0.05) is 30.3 Å². The summed E-state index contributed by atoms with van der Waals surface area (Å²) in [5.41, 5.74) is 12.8. The molecule has 1 aliphatic carbocycles. The molecule has 1 saturated carbocycles. The maximum absolute atomic E-state index is 11.6. The van der Waals surface area contributed by atoms with E-state index in [1.165, 1.54) is 0 Å². The largest absolute Gasteiger partial charge is 0.378 e. The van der Waals surface area contributed by atoms with Gasteiger partial charge < -0.3 is 16.8 Å². The molecule has 0 aliphatic heterocycles. The van der Waals surface area contributed by atoms with Crippen molar-refractivity contribution in [3.05, 3.63) is 58.3 Å². The van der Waals surface area contributed by atoms with Crippen molar-refractivity contribution in [1.82, 2.24) is 9.97 Å². The Balaban J connectivity index is 1.59. The Morgan fingerprint density at radius 3 is 2.43 bits per heavy atom. The standard InChI is InChI=1S/C22H26N6O2/c23-13-15-7-5-14(6-8-15)11-19-20(28(29)30)21(24)27-22(26-19)25-18-10-9-16-3-1-2-4-17(16)12-18/h1-4,9-10,12,14-15H,5-8,11,13,23H2,(H3,24,25,26,27). The molecule has 3 aromatic rings. The van der Waals surface area contributed by atoms with E-state index in [1.807, 2.05) is 42.5 Å². The summed E-state index contributed by atoms with van der Waals surface area (Å²) in [5.74, 6) is 1.06. The van der Waals surface area contributed by atoms with Gasteiger partial charge in [-0.25, -0.2) is 4.98 Å². The lowest BCUT2D eigenvalue weighted by atomic mass is 9.80. The number of benzene rings is 2. The lowest BCUT2D eigenvalue weighted by Gasteiger charge is -2.27. The Morgan fingerprint density at radius 1 is 1.03 bits per heavy atom. The second kappa shape index (κ2) is 8.62. The number of nitro groups is 1. The molecular formula is C22H26N6O2. The number of nitrogens with zero attached hydrogens (tertiary/aromatic N) is 3. The van der Waals surface area contributed by atoms with Gasteiger partial charge in [-0.05, 0) is 73.4 Å². The second-order valence-electron chi connectivity index (χ2n) is 8.00. The van der Waals surface area contributed by atoms with Crippen LogP contribution in [-0.4, -0.2) is 21.4 Å². The molecule has 0 amide bonds. The van der Waals surface area contributed by atoms with Crippen LogP contribution in [0.25, 0.3) is 10.8 Å². The molecule has 2 aromatic carbocycles. The minimum atomic E-state index is -0.476. The first-order valence-electron chi connectivity index (χ1n) is 10.3. The van der Waals surface area contributed by atoms with Crippen LogP contribution in [0.2, 0.25) is 0 Å². The van der Waals surface area contributed by atoms with Crippen LogP contribution < -0.4 is 16.8 Å². The maximum atomic E-state index is 11.6. The molecule has 0 bridgehead atoms. The third kappa shape index (κ3) is 4.33. The van der Waals surface area contributed by atoms with Crippen molar-refractivity contribution in [3.8, 4) is 0 Å². The Bertz CT molecular complexity index is 1060. The van der Waals surface area contributed by atoms with Crippen LogP contribution in [-0.2, 0) is 6.42 Å². The van der Waals surface area contributed by atoms with E-state index >= 15 is 0 Å². The number of aromatic nitrogens is 2. The molecular weight excluding hydrogens is 380 g/mol. The topological polar surface area (TPSA) is 133 Å². The van der Waals surface area contributed by atoms with Crippen LogP contribution >= 0.6 is 0 Å². The number of hydrogen-bond donors (Lipinski definition) is 3.